The second-order valence-corrected chi connectivity index (χ2v) is 6.06. The van der Waals surface area contributed by atoms with E-state index in [1.54, 1.807) is 6.92 Å². The summed E-state index contributed by atoms with van der Waals surface area (Å²) in [4.78, 5) is 12.6. The van der Waals surface area contributed by atoms with Crippen molar-refractivity contribution in [3.8, 4) is 11.4 Å². The second-order valence-electron chi connectivity index (χ2n) is 6.06. The van der Waals surface area contributed by atoms with Gasteiger partial charge in [-0.3, -0.25) is 4.79 Å². The number of ether oxygens (including phenoxy) is 1. The van der Waals surface area contributed by atoms with E-state index in [-0.39, 0.29) is 17.1 Å². The van der Waals surface area contributed by atoms with Crippen LogP contribution in [0.3, 0.4) is 0 Å². The molecule has 3 aromatic rings. The number of nitrogens with one attached hydrogen (secondary N) is 1. The minimum absolute atomic E-state index is 0.0417. The minimum Gasteiger partial charge on any atom is -0.435 e. The van der Waals surface area contributed by atoms with Crippen molar-refractivity contribution in [2.24, 2.45) is 0 Å². The van der Waals surface area contributed by atoms with Gasteiger partial charge in [0.25, 0.3) is 5.91 Å². The number of aromatic nitrogens is 3. The van der Waals surface area contributed by atoms with Crippen molar-refractivity contribution in [2.75, 3.05) is 5.32 Å². The summed E-state index contributed by atoms with van der Waals surface area (Å²) in [5.74, 6) is -0.774. The van der Waals surface area contributed by atoms with Crippen molar-refractivity contribution >= 4 is 11.6 Å². The molecule has 3 rings (SSSR count). The number of benzene rings is 2. The van der Waals surface area contributed by atoms with Gasteiger partial charge in [0.15, 0.2) is 5.69 Å². The number of rotatable bonds is 6. The van der Waals surface area contributed by atoms with Crippen molar-refractivity contribution in [3.05, 3.63) is 65.5 Å². The van der Waals surface area contributed by atoms with Crippen molar-refractivity contribution in [1.82, 2.24) is 15.0 Å². The molecule has 11 heteroatoms. The molecular formula is C19H15F5N4O2. The van der Waals surface area contributed by atoms with Crippen LogP contribution in [0.25, 0.3) is 5.69 Å². The van der Waals surface area contributed by atoms with Gasteiger partial charge >= 0.3 is 12.8 Å². The molecule has 0 radical (unpaired) electrons. The molecule has 1 amide bonds. The number of anilines is 1. The van der Waals surface area contributed by atoms with Crippen molar-refractivity contribution < 1.29 is 31.5 Å². The topological polar surface area (TPSA) is 69.0 Å². The number of hydrogen-bond donors (Lipinski definition) is 1. The third-order valence-electron chi connectivity index (χ3n) is 4.07. The summed E-state index contributed by atoms with van der Waals surface area (Å²) in [5, 5.41) is 10.1. The number of hydrogen-bond acceptors (Lipinski definition) is 4. The maximum atomic E-state index is 12.8. The number of alkyl halides is 5. The molecule has 2 aromatic carbocycles. The lowest BCUT2D eigenvalue weighted by molar-refractivity contribution is -0.137. The van der Waals surface area contributed by atoms with Gasteiger partial charge in [0.05, 0.1) is 16.9 Å². The molecule has 0 unspecified atom stereocenters. The van der Waals surface area contributed by atoms with Crippen LogP contribution in [0, 0.1) is 0 Å². The summed E-state index contributed by atoms with van der Waals surface area (Å²) in [6.45, 7) is -1.22. The molecule has 30 heavy (non-hydrogen) atoms. The third-order valence-corrected chi connectivity index (χ3v) is 4.07. The van der Waals surface area contributed by atoms with Gasteiger partial charge in [0, 0.05) is 5.69 Å². The van der Waals surface area contributed by atoms with E-state index in [0.29, 0.717) is 17.8 Å². The van der Waals surface area contributed by atoms with Crippen LogP contribution in [0.2, 0.25) is 0 Å². The van der Waals surface area contributed by atoms with Crippen molar-refractivity contribution in [2.45, 2.75) is 26.1 Å². The summed E-state index contributed by atoms with van der Waals surface area (Å²) in [6, 6.07) is 9.75. The standard InChI is InChI=1S/C19H15F5N4O2/c1-2-15-16(17(29)25-12-5-3-4-11(10-12)19(22,23)24)26-27-28(15)13-6-8-14(9-7-13)30-18(20)21/h3-10,18H,2H2,1H3,(H,25,29). The maximum Gasteiger partial charge on any atom is 0.416 e. The number of amides is 1. The predicted octanol–water partition coefficient (Wildman–Crippen LogP) is 4.70. The summed E-state index contributed by atoms with van der Waals surface area (Å²) in [5.41, 5.74) is -0.172. The third kappa shape index (κ3) is 4.73. The first-order valence-corrected chi connectivity index (χ1v) is 8.67. The summed E-state index contributed by atoms with van der Waals surface area (Å²) in [7, 11) is 0. The monoisotopic (exact) mass is 426 g/mol. The molecule has 0 spiro atoms. The van der Waals surface area contributed by atoms with E-state index in [2.05, 4.69) is 20.4 Å². The Hall–Kier alpha value is -3.50. The average molecular weight is 426 g/mol. The number of carbonyl (C=O) groups is 1. The molecule has 1 aromatic heterocycles. The van der Waals surface area contributed by atoms with Crippen molar-refractivity contribution in [3.63, 3.8) is 0 Å². The van der Waals surface area contributed by atoms with Crippen LogP contribution in [-0.2, 0) is 12.6 Å². The highest BCUT2D eigenvalue weighted by molar-refractivity contribution is 6.03. The Morgan fingerprint density at radius 1 is 1.17 bits per heavy atom. The van der Waals surface area contributed by atoms with E-state index in [0.717, 1.165) is 12.1 Å². The SMILES string of the molecule is CCc1c(C(=O)Nc2cccc(C(F)(F)F)c2)nnn1-c1ccc(OC(F)F)cc1. The van der Waals surface area contributed by atoms with Crippen molar-refractivity contribution in [1.29, 1.82) is 0 Å². The highest BCUT2D eigenvalue weighted by Crippen LogP contribution is 2.30. The van der Waals surface area contributed by atoms with Gasteiger partial charge in [0.2, 0.25) is 0 Å². The lowest BCUT2D eigenvalue weighted by atomic mass is 10.2. The first-order valence-electron chi connectivity index (χ1n) is 8.67. The fourth-order valence-electron chi connectivity index (χ4n) is 2.73. The molecule has 0 aliphatic carbocycles. The van der Waals surface area contributed by atoms with E-state index in [1.165, 1.54) is 41.1 Å². The van der Waals surface area contributed by atoms with Crippen LogP contribution < -0.4 is 10.1 Å². The van der Waals surface area contributed by atoms with E-state index in [4.69, 9.17) is 0 Å². The van der Waals surface area contributed by atoms with Crippen LogP contribution >= 0.6 is 0 Å². The molecule has 158 valence electrons. The van der Waals surface area contributed by atoms with E-state index in [1.807, 2.05) is 0 Å². The average Bonchev–Trinajstić information content (AvgIpc) is 3.12. The van der Waals surface area contributed by atoms with Gasteiger partial charge in [-0.1, -0.05) is 18.2 Å². The molecule has 0 aliphatic heterocycles. The quantitative estimate of drug-likeness (QED) is 0.580. The molecule has 0 saturated carbocycles. The lowest BCUT2D eigenvalue weighted by Crippen LogP contribution is -2.16. The second kappa shape index (κ2) is 8.47. The Bertz CT molecular complexity index is 1030. The smallest absolute Gasteiger partial charge is 0.416 e. The van der Waals surface area contributed by atoms with Gasteiger partial charge in [-0.15, -0.1) is 5.10 Å². The Morgan fingerprint density at radius 3 is 2.47 bits per heavy atom. The summed E-state index contributed by atoms with van der Waals surface area (Å²) in [6.07, 6.45) is -4.22. The Kier molecular flexibility index (Phi) is 5.99. The zero-order valence-corrected chi connectivity index (χ0v) is 15.5. The molecule has 0 saturated heterocycles. The number of nitrogens with zero attached hydrogens (tertiary/aromatic N) is 3. The van der Waals surface area contributed by atoms with Crippen LogP contribution in [0.4, 0.5) is 27.6 Å². The molecule has 0 atom stereocenters. The maximum absolute atomic E-state index is 12.8. The van der Waals surface area contributed by atoms with Crippen LogP contribution in [0.5, 0.6) is 5.75 Å². The predicted molar refractivity (Wildman–Crippen MR) is 96.8 cm³/mol. The highest BCUT2D eigenvalue weighted by Gasteiger charge is 2.30. The van der Waals surface area contributed by atoms with Gasteiger partial charge in [0.1, 0.15) is 5.75 Å². The lowest BCUT2D eigenvalue weighted by Gasteiger charge is -2.10. The highest BCUT2D eigenvalue weighted by atomic mass is 19.4. The fourth-order valence-corrected chi connectivity index (χ4v) is 2.73. The first kappa shape index (κ1) is 21.2. The van der Waals surface area contributed by atoms with E-state index >= 15 is 0 Å². The Labute approximate surface area is 167 Å². The number of carbonyl (C=O) groups excluding carboxylic acids is 1. The minimum atomic E-state index is -4.54. The first-order chi connectivity index (χ1) is 14.2. The largest absolute Gasteiger partial charge is 0.435 e. The Balaban J connectivity index is 1.84. The van der Waals surface area contributed by atoms with Gasteiger partial charge < -0.3 is 10.1 Å². The molecule has 0 aliphatic rings. The molecule has 1 N–H and O–H groups in total. The normalized spacial score (nSPS) is 11.6. The summed E-state index contributed by atoms with van der Waals surface area (Å²) >= 11 is 0. The molecular weight excluding hydrogens is 411 g/mol. The molecule has 6 nitrogen and oxygen atoms in total. The van der Waals surface area contributed by atoms with E-state index < -0.39 is 24.3 Å². The van der Waals surface area contributed by atoms with E-state index in [9.17, 15) is 26.7 Å². The van der Waals surface area contributed by atoms with Crippen LogP contribution in [-0.4, -0.2) is 27.5 Å². The summed E-state index contributed by atoms with van der Waals surface area (Å²) < 4.78 is 68.7. The zero-order valence-electron chi connectivity index (χ0n) is 15.5. The Morgan fingerprint density at radius 2 is 1.87 bits per heavy atom. The van der Waals surface area contributed by atoms with Crippen LogP contribution in [0.1, 0.15) is 28.7 Å². The van der Waals surface area contributed by atoms with Crippen LogP contribution in [0.15, 0.2) is 48.5 Å². The van der Waals surface area contributed by atoms with Gasteiger partial charge in [-0.05, 0) is 48.9 Å². The van der Waals surface area contributed by atoms with Gasteiger partial charge in [-0.25, -0.2) is 4.68 Å². The fraction of sp³-hybridized carbons (Fsp3) is 0.211. The zero-order chi connectivity index (χ0) is 21.9. The number of halogens is 5. The molecule has 0 fully saturated rings. The molecule has 0 bridgehead atoms. The van der Waals surface area contributed by atoms with Gasteiger partial charge in [-0.2, -0.15) is 22.0 Å². The molecule has 1 heterocycles.